The first-order valence-corrected chi connectivity index (χ1v) is 6.51. The second kappa shape index (κ2) is 7.38. The zero-order valence-corrected chi connectivity index (χ0v) is 11.6. The first-order valence-electron chi connectivity index (χ1n) is 6.08. The lowest BCUT2D eigenvalue weighted by molar-refractivity contribution is 0.316. The monoisotopic (exact) mass is 256 g/mol. The van der Waals surface area contributed by atoms with E-state index in [0.717, 1.165) is 37.6 Å². The minimum Gasteiger partial charge on any atom is -0.490 e. The summed E-state index contributed by atoms with van der Waals surface area (Å²) in [6, 6.07) is 3.85. The van der Waals surface area contributed by atoms with Crippen LogP contribution in [0.25, 0.3) is 0 Å². The smallest absolute Gasteiger partial charge is 0.171 e. The highest BCUT2D eigenvalue weighted by Gasteiger charge is 2.10. The Hall–Kier alpha value is -0.960. The summed E-state index contributed by atoms with van der Waals surface area (Å²) < 4.78 is 5.68. The van der Waals surface area contributed by atoms with Gasteiger partial charge in [-0.25, -0.2) is 4.98 Å². The van der Waals surface area contributed by atoms with E-state index in [9.17, 15) is 0 Å². The molecular formula is C13H21ClN2O. The second-order valence-corrected chi connectivity index (χ2v) is 4.91. The predicted octanol–water partition coefficient (Wildman–Crippen LogP) is 3.32. The van der Waals surface area contributed by atoms with Gasteiger partial charge < -0.3 is 9.64 Å². The second-order valence-electron chi connectivity index (χ2n) is 4.16. The summed E-state index contributed by atoms with van der Waals surface area (Å²) in [5.41, 5.74) is 0. The Bertz CT molecular complexity index is 331. The minimum absolute atomic E-state index is 0.182. The Kier molecular flexibility index (Phi) is 6.12. The fraction of sp³-hybridized carbons (Fsp3) is 0.615. The third kappa shape index (κ3) is 4.82. The van der Waals surface area contributed by atoms with Gasteiger partial charge in [0.1, 0.15) is 0 Å². The van der Waals surface area contributed by atoms with Gasteiger partial charge in [-0.2, -0.15) is 0 Å². The number of ether oxygens (including phenoxy) is 1. The SMILES string of the molecule is CCCOc1cccnc1N(C)CCC(C)Cl. The summed E-state index contributed by atoms with van der Waals surface area (Å²) in [4.78, 5) is 6.45. The molecule has 0 spiro atoms. The third-order valence-corrected chi connectivity index (χ3v) is 2.65. The maximum absolute atomic E-state index is 5.95. The molecule has 1 aromatic rings. The van der Waals surface area contributed by atoms with Crippen LogP contribution in [0.2, 0.25) is 0 Å². The summed E-state index contributed by atoms with van der Waals surface area (Å²) in [6.07, 6.45) is 3.72. The molecule has 0 saturated carbocycles. The van der Waals surface area contributed by atoms with Crippen LogP contribution >= 0.6 is 11.6 Å². The van der Waals surface area contributed by atoms with Gasteiger partial charge in [0.2, 0.25) is 0 Å². The van der Waals surface area contributed by atoms with Crippen molar-refractivity contribution in [2.24, 2.45) is 0 Å². The van der Waals surface area contributed by atoms with Crippen molar-refractivity contribution < 1.29 is 4.74 Å². The normalized spacial score (nSPS) is 12.2. The van der Waals surface area contributed by atoms with E-state index in [1.54, 1.807) is 6.20 Å². The molecular weight excluding hydrogens is 236 g/mol. The zero-order valence-electron chi connectivity index (χ0n) is 10.8. The fourth-order valence-corrected chi connectivity index (χ4v) is 1.57. The molecule has 1 rings (SSSR count). The Labute approximate surface area is 109 Å². The van der Waals surface area contributed by atoms with Crippen molar-refractivity contribution in [1.82, 2.24) is 4.98 Å². The van der Waals surface area contributed by atoms with E-state index in [0.29, 0.717) is 0 Å². The number of halogens is 1. The minimum atomic E-state index is 0.182. The van der Waals surface area contributed by atoms with Crippen LogP contribution in [0.4, 0.5) is 5.82 Å². The van der Waals surface area contributed by atoms with E-state index >= 15 is 0 Å². The van der Waals surface area contributed by atoms with E-state index in [4.69, 9.17) is 16.3 Å². The van der Waals surface area contributed by atoms with E-state index in [2.05, 4.69) is 16.8 Å². The van der Waals surface area contributed by atoms with Crippen LogP contribution in [0.15, 0.2) is 18.3 Å². The molecule has 0 aliphatic rings. The first kappa shape index (κ1) is 14.1. The number of hydrogen-bond donors (Lipinski definition) is 0. The van der Waals surface area contributed by atoms with Crippen molar-refractivity contribution in [3.05, 3.63) is 18.3 Å². The molecule has 1 unspecified atom stereocenters. The summed E-state index contributed by atoms with van der Waals surface area (Å²) in [5, 5.41) is 0.182. The standard InChI is InChI=1S/C13H21ClN2O/c1-4-10-17-12-6-5-8-15-13(12)16(3)9-7-11(2)14/h5-6,8,11H,4,7,9-10H2,1-3H3. The molecule has 0 radical (unpaired) electrons. The molecule has 17 heavy (non-hydrogen) atoms. The van der Waals surface area contributed by atoms with Gasteiger partial charge in [-0.1, -0.05) is 6.92 Å². The average Bonchev–Trinajstić information content (AvgIpc) is 2.33. The number of anilines is 1. The van der Waals surface area contributed by atoms with E-state index in [1.165, 1.54) is 0 Å². The molecule has 0 aliphatic carbocycles. The highest BCUT2D eigenvalue weighted by molar-refractivity contribution is 6.20. The van der Waals surface area contributed by atoms with Gasteiger partial charge in [0.15, 0.2) is 11.6 Å². The number of nitrogens with zero attached hydrogens (tertiary/aromatic N) is 2. The van der Waals surface area contributed by atoms with Crippen LogP contribution < -0.4 is 9.64 Å². The van der Waals surface area contributed by atoms with Gasteiger partial charge in [0.05, 0.1) is 6.61 Å². The lowest BCUT2D eigenvalue weighted by Gasteiger charge is -2.21. The molecule has 0 bridgehead atoms. The van der Waals surface area contributed by atoms with Crippen LogP contribution in [0, 0.1) is 0 Å². The van der Waals surface area contributed by atoms with E-state index in [1.807, 2.05) is 26.1 Å². The molecule has 3 nitrogen and oxygen atoms in total. The van der Waals surface area contributed by atoms with Gasteiger partial charge in [-0.15, -0.1) is 11.6 Å². The Morgan fingerprint density at radius 2 is 2.29 bits per heavy atom. The van der Waals surface area contributed by atoms with Crippen molar-refractivity contribution in [3.63, 3.8) is 0 Å². The van der Waals surface area contributed by atoms with Gasteiger partial charge in [0.25, 0.3) is 0 Å². The zero-order chi connectivity index (χ0) is 12.7. The first-order chi connectivity index (χ1) is 8.15. The Morgan fingerprint density at radius 3 is 2.94 bits per heavy atom. The van der Waals surface area contributed by atoms with Crippen molar-refractivity contribution in [1.29, 1.82) is 0 Å². The lowest BCUT2D eigenvalue weighted by atomic mass is 10.3. The molecule has 0 fully saturated rings. The van der Waals surface area contributed by atoms with Gasteiger partial charge in [-0.3, -0.25) is 0 Å². The number of aromatic nitrogens is 1. The molecule has 1 atom stereocenters. The molecule has 0 amide bonds. The van der Waals surface area contributed by atoms with Crippen LogP contribution in [0.1, 0.15) is 26.7 Å². The highest BCUT2D eigenvalue weighted by Crippen LogP contribution is 2.24. The van der Waals surface area contributed by atoms with Crippen molar-refractivity contribution >= 4 is 17.4 Å². The number of pyridine rings is 1. The van der Waals surface area contributed by atoms with Crippen molar-refractivity contribution in [2.75, 3.05) is 25.1 Å². The van der Waals surface area contributed by atoms with Crippen molar-refractivity contribution in [3.8, 4) is 5.75 Å². The Morgan fingerprint density at radius 1 is 1.53 bits per heavy atom. The van der Waals surface area contributed by atoms with Crippen LogP contribution in [-0.2, 0) is 0 Å². The quantitative estimate of drug-likeness (QED) is 0.700. The molecule has 0 aliphatic heterocycles. The lowest BCUT2D eigenvalue weighted by Crippen LogP contribution is -2.22. The molecule has 1 heterocycles. The summed E-state index contributed by atoms with van der Waals surface area (Å²) in [5.74, 6) is 1.73. The number of alkyl halides is 1. The van der Waals surface area contributed by atoms with Gasteiger partial charge in [0, 0.05) is 25.2 Å². The van der Waals surface area contributed by atoms with Gasteiger partial charge in [-0.05, 0) is 31.9 Å². The predicted molar refractivity (Wildman–Crippen MR) is 73.2 cm³/mol. The maximum atomic E-state index is 5.95. The van der Waals surface area contributed by atoms with Crippen LogP contribution in [-0.4, -0.2) is 30.6 Å². The topological polar surface area (TPSA) is 25.4 Å². The molecule has 0 saturated heterocycles. The Balaban J connectivity index is 2.67. The molecule has 0 aromatic carbocycles. The van der Waals surface area contributed by atoms with Crippen LogP contribution in [0.3, 0.4) is 0 Å². The fourth-order valence-electron chi connectivity index (χ4n) is 1.47. The molecule has 1 aromatic heterocycles. The van der Waals surface area contributed by atoms with Gasteiger partial charge >= 0.3 is 0 Å². The molecule has 0 N–H and O–H groups in total. The van der Waals surface area contributed by atoms with E-state index < -0.39 is 0 Å². The average molecular weight is 257 g/mol. The summed E-state index contributed by atoms with van der Waals surface area (Å²) in [6.45, 7) is 5.69. The van der Waals surface area contributed by atoms with Crippen LogP contribution in [0.5, 0.6) is 5.75 Å². The summed E-state index contributed by atoms with van der Waals surface area (Å²) >= 11 is 5.95. The highest BCUT2D eigenvalue weighted by atomic mass is 35.5. The number of rotatable bonds is 7. The maximum Gasteiger partial charge on any atom is 0.171 e. The molecule has 96 valence electrons. The van der Waals surface area contributed by atoms with Crippen molar-refractivity contribution in [2.45, 2.75) is 32.1 Å². The third-order valence-electron chi connectivity index (χ3n) is 2.44. The summed E-state index contributed by atoms with van der Waals surface area (Å²) in [7, 11) is 2.01. The largest absolute Gasteiger partial charge is 0.490 e. The van der Waals surface area contributed by atoms with E-state index in [-0.39, 0.29) is 5.38 Å². The number of hydrogen-bond acceptors (Lipinski definition) is 3. The molecule has 4 heteroatoms.